The molecule has 1 N–H and O–H groups in total. The molecule has 1 saturated heterocycles. The lowest BCUT2D eigenvalue weighted by Crippen LogP contribution is -2.49. The number of ether oxygens (including phenoxy) is 1. The number of hydrogen-bond acceptors (Lipinski definition) is 4. The number of carboxylic acid groups (broad SMARTS) is 1. The van der Waals surface area contributed by atoms with Gasteiger partial charge < -0.3 is 14.7 Å². The molecule has 126 valence electrons. The molecule has 1 aliphatic heterocycles. The van der Waals surface area contributed by atoms with E-state index in [0.717, 1.165) is 4.90 Å². The summed E-state index contributed by atoms with van der Waals surface area (Å²) in [6, 6.07) is 0. The Kier molecular flexibility index (Phi) is 5.48. The summed E-state index contributed by atoms with van der Waals surface area (Å²) in [5.74, 6) is -6.77. The van der Waals surface area contributed by atoms with Gasteiger partial charge in [0, 0.05) is 19.4 Å². The molecule has 0 radical (unpaired) electrons. The van der Waals surface area contributed by atoms with Crippen LogP contribution in [0.25, 0.3) is 0 Å². The lowest BCUT2D eigenvalue weighted by molar-refractivity contribution is -0.166. The number of carboxylic acids is 1. The van der Waals surface area contributed by atoms with Crippen LogP contribution >= 0.6 is 0 Å². The average molecular weight is 321 g/mol. The first-order valence-corrected chi connectivity index (χ1v) is 7.00. The molecule has 0 spiro atoms. The third kappa shape index (κ3) is 5.95. The Morgan fingerprint density at radius 2 is 2.00 bits per heavy atom. The Balaban J connectivity index is 2.81. The minimum absolute atomic E-state index is 0.318. The fourth-order valence-corrected chi connectivity index (χ4v) is 2.15. The molecule has 1 aliphatic rings. The molecule has 1 amide bonds. The molecular formula is C14H21F2NO5. The Morgan fingerprint density at radius 1 is 1.41 bits per heavy atom. The van der Waals surface area contributed by atoms with Gasteiger partial charge in [-0.1, -0.05) is 0 Å². The van der Waals surface area contributed by atoms with Crippen molar-refractivity contribution < 1.29 is 33.0 Å². The number of esters is 1. The largest absolute Gasteiger partial charge is 0.481 e. The van der Waals surface area contributed by atoms with Crippen LogP contribution in [0.15, 0.2) is 0 Å². The number of piperidine rings is 1. The fraction of sp³-hybridized carbons (Fsp3) is 0.786. The molecule has 0 aromatic heterocycles. The lowest BCUT2D eigenvalue weighted by Gasteiger charge is -2.34. The van der Waals surface area contributed by atoms with Crippen molar-refractivity contribution in [1.82, 2.24) is 4.90 Å². The molecule has 0 bridgehead atoms. The highest BCUT2D eigenvalue weighted by atomic mass is 19.3. The van der Waals surface area contributed by atoms with Crippen LogP contribution in [0.4, 0.5) is 8.78 Å². The van der Waals surface area contributed by atoms with Crippen molar-refractivity contribution >= 4 is 17.8 Å². The van der Waals surface area contributed by atoms with Crippen LogP contribution in [0, 0.1) is 5.92 Å². The lowest BCUT2D eigenvalue weighted by atomic mass is 10.0. The first-order valence-electron chi connectivity index (χ1n) is 7.00. The summed E-state index contributed by atoms with van der Waals surface area (Å²) in [7, 11) is 0. The van der Waals surface area contributed by atoms with Crippen molar-refractivity contribution in [3.63, 3.8) is 0 Å². The molecular weight excluding hydrogens is 300 g/mol. The highest BCUT2D eigenvalue weighted by Gasteiger charge is 2.41. The second-order valence-electron chi connectivity index (χ2n) is 6.46. The first kappa shape index (κ1) is 18.3. The third-order valence-electron chi connectivity index (χ3n) is 3.08. The number of hydrogen-bond donors (Lipinski definition) is 1. The monoisotopic (exact) mass is 321 g/mol. The maximum atomic E-state index is 13.4. The normalized spacial score (nSPS) is 19.7. The van der Waals surface area contributed by atoms with E-state index in [2.05, 4.69) is 0 Å². The van der Waals surface area contributed by atoms with Gasteiger partial charge in [-0.3, -0.25) is 14.4 Å². The SMILES string of the molecule is CC(C)(C)OC(=O)[C@@H](CC(=O)O)CN1CC(F)(F)CCC1=O. The van der Waals surface area contributed by atoms with Crippen molar-refractivity contribution in [2.24, 2.45) is 5.92 Å². The number of likely N-dealkylation sites (tertiary alicyclic amines) is 1. The predicted octanol–water partition coefficient (Wildman–Crippen LogP) is 1.68. The number of amides is 1. The van der Waals surface area contributed by atoms with Crippen molar-refractivity contribution in [1.29, 1.82) is 0 Å². The minimum Gasteiger partial charge on any atom is -0.481 e. The number of carbonyl (C=O) groups excluding carboxylic acids is 2. The zero-order valence-electron chi connectivity index (χ0n) is 12.9. The van der Waals surface area contributed by atoms with E-state index in [9.17, 15) is 23.2 Å². The molecule has 1 atom stereocenters. The summed E-state index contributed by atoms with van der Waals surface area (Å²) >= 11 is 0. The fourth-order valence-electron chi connectivity index (χ4n) is 2.15. The second-order valence-corrected chi connectivity index (χ2v) is 6.46. The molecule has 0 unspecified atom stereocenters. The summed E-state index contributed by atoms with van der Waals surface area (Å²) in [5.41, 5.74) is -0.830. The molecule has 1 heterocycles. The maximum absolute atomic E-state index is 13.4. The number of aliphatic carboxylic acids is 1. The molecule has 0 saturated carbocycles. The van der Waals surface area contributed by atoms with Gasteiger partial charge in [0.15, 0.2) is 0 Å². The van der Waals surface area contributed by atoms with Gasteiger partial charge in [-0.15, -0.1) is 0 Å². The van der Waals surface area contributed by atoms with Crippen LogP contribution < -0.4 is 0 Å². The minimum atomic E-state index is -3.02. The number of nitrogens with zero attached hydrogens (tertiary/aromatic N) is 1. The second kappa shape index (κ2) is 6.58. The zero-order chi connectivity index (χ0) is 17.1. The topological polar surface area (TPSA) is 83.9 Å². The Hall–Kier alpha value is -1.73. The summed E-state index contributed by atoms with van der Waals surface area (Å²) in [5, 5.41) is 8.87. The Bertz CT molecular complexity index is 459. The van der Waals surface area contributed by atoms with E-state index >= 15 is 0 Å². The number of halogens is 2. The summed E-state index contributed by atoms with van der Waals surface area (Å²) in [4.78, 5) is 35.4. The zero-order valence-corrected chi connectivity index (χ0v) is 12.9. The third-order valence-corrected chi connectivity index (χ3v) is 3.08. The summed E-state index contributed by atoms with van der Waals surface area (Å²) in [6.07, 6.45) is -1.43. The van der Waals surface area contributed by atoms with Crippen LogP contribution in [0.1, 0.15) is 40.0 Å². The van der Waals surface area contributed by atoms with Crippen LogP contribution in [0.3, 0.4) is 0 Å². The van der Waals surface area contributed by atoms with Gasteiger partial charge in [-0.25, -0.2) is 8.78 Å². The average Bonchev–Trinajstić information content (AvgIpc) is 2.30. The summed E-state index contributed by atoms with van der Waals surface area (Å²) < 4.78 is 31.9. The molecule has 0 aromatic rings. The molecule has 6 nitrogen and oxygen atoms in total. The van der Waals surface area contributed by atoms with Gasteiger partial charge in [-0.05, 0) is 20.8 Å². The van der Waals surface area contributed by atoms with E-state index in [0.29, 0.717) is 0 Å². The van der Waals surface area contributed by atoms with Gasteiger partial charge in [0.1, 0.15) is 5.60 Å². The molecule has 1 fully saturated rings. The highest BCUT2D eigenvalue weighted by molar-refractivity contribution is 5.81. The van der Waals surface area contributed by atoms with Gasteiger partial charge in [0.2, 0.25) is 5.91 Å². The number of rotatable bonds is 5. The van der Waals surface area contributed by atoms with Gasteiger partial charge >= 0.3 is 11.9 Å². The predicted molar refractivity (Wildman–Crippen MR) is 72.3 cm³/mol. The van der Waals surface area contributed by atoms with E-state index in [4.69, 9.17) is 9.84 Å². The molecule has 22 heavy (non-hydrogen) atoms. The summed E-state index contributed by atoms with van der Waals surface area (Å²) in [6.45, 7) is 3.66. The number of carbonyl (C=O) groups is 3. The van der Waals surface area contributed by atoms with E-state index < -0.39 is 54.7 Å². The van der Waals surface area contributed by atoms with Crippen LogP contribution in [0.2, 0.25) is 0 Å². The number of alkyl halides is 2. The molecule has 0 aromatic carbocycles. The maximum Gasteiger partial charge on any atom is 0.311 e. The quantitative estimate of drug-likeness (QED) is 0.779. The van der Waals surface area contributed by atoms with Crippen LogP contribution in [-0.2, 0) is 19.1 Å². The van der Waals surface area contributed by atoms with E-state index in [-0.39, 0.29) is 13.0 Å². The van der Waals surface area contributed by atoms with Crippen molar-refractivity contribution in [3.05, 3.63) is 0 Å². The van der Waals surface area contributed by atoms with Crippen LogP contribution in [0.5, 0.6) is 0 Å². The standard InChI is InChI=1S/C14H21F2NO5/c1-13(2,3)22-12(21)9(6-11(19)20)7-17-8-14(15,16)5-4-10(17)18/h9H,4-8H2,1-3H3,(H,19,20)/t9-/m0/s1. The van der Waals surface area contributed by atoms with E-state index in [1.54, 1.807) is 20.8 Å². The first-order chi connectivity index (χ1) is 9.89. The van der Waals surface area contributed by atoms with Crippen molar-refractivity contribution in [3.8, 4) is 0 Å². The van der Waals surface area contributed by atoms with Gasteiger partial charge in [-0.2, -0.15) is 0 Å². The van der Waals surface area contributed by atoms with Gasteiger partial charge in [0.05, 0.1) is 18.9 Å². The Morgan fingerprint density at radius 3 is 2.50 bits per heavy atom. The van der Waals surface area contributed by atoms with Gasteiger partial charge in [0.25, 0.3) is 5.92 Å². The van der Waals surface area contributed by atoms with Crippen molar-refractivity contribution in [2.45, 2.75) is 51.6 Å². The van der Waals surface area contributed by atoms with E-state index in [1.165, 1.54) is 0 Å². The molecule has 8 heteroatoms. The van der Waals surface area contributed by atoms with Crippen LogP contribution in [-0.4, -0.2) is 52.5 Å². The molecule has 1 rings (SSSR count). The van der Waals surface area contributed by atoms with E-state index in [1.807, 2.05) is 0 Å². The highest BCUT2D eigenvalue weighted by Crippen LogP contribution is 2.28. The smallest absolute Gasteiger partial charge is 0.311 e. The molecule has 0 aliphatic carbocycles. The van der Waals surface area contributed by atoms with Crippen molar-refractivity contribution in [2.75, 3.05) is 13.1 Å². The Labute approximate surface area is 127 Å².